The van der Waals surface area contributed by atoms with Gasteiger partial charge in [-0.05, 0) is 69.7 Å². The maximum Gasteiger partial charge on any atom is 0.119 e. The summed E-state index contributed by atoms with van der Waals surface area (Å²) < 4.78 is 5.63. The Kier molecular flexibility index (Phi) is 5.08. The molecule has 1 fully saturated rings. The molecule has 0 saturated heterocycles. The van der Waals surface area contributed by atoms with E-state index in [1.807, 2.05) is 26.0 Å². The van der Waals surface area contributed by atoms with Crippen LogP contribution in [0.1, 0.15) is 39.5 Å². The second-order valence-electron chi connectivity index (χ2n) is 5.85. The summed E-state index contributed by atoms with van der Waals surface area (Å²) in [6.07, 6.45) is 5.08. The minimum absolute atomic E-state index is 0.227. The largest absolute Gasteiger partial charge is 0.491 e. The average molecular weight is 262 g/mol. The SMILES string of the molecule is CC(C)Oc1ccc(NC[C@H]2CC[C@H](N)CC2)cc1. The predicted molar refractivity (Wildman–Crippen MR) is 80.6 cm³/mol. The van der Waals surface area contributed by atoms with E-state index in [4.69, 9.17) is 10.5 Å². The molecule has 3 nitrogen and oxygen atoms in total. The molecule has 2 rings (SSSR count). The molecule has 1 aromatic rings. The lowest BCUT2D eigenvalue weighted by Gasteiger charge is -2.26. The lowest BCUT2D eigenvalue weighted by molar-refractivity contribution is 0.242. The summed E-state index contributed by atoms with van der Waals surface area (Å²) in [7, 11) is 0. The fourth-order valence-electron chi connectivity index (χ4n) is 2.58. The third-order valence-corrected chi connectivity index (χ3v) is 3.71. The summed E-state index contributed by atoms with van der Waals surface area (Å²) in [5.41, 5.74) is 7.10. The van der Waals surface area contributed by atoms with Crippen LogP contribution in [0.3, 0.4) is 0 Å². The number of anilines is 1. The van der Waals surface area contributed by atoms with Crippen LogP contribution < -0.4 is 15.8 Å². The van der Waals surface area contributed by atoms with Crippen molar-refractivity contribution in [1.29, 1.82) is 0 Å². The van der Waals surface area contributed by atoms with Gasteiger partial charge in [0.2, 0.25) is 0 Å². The number of hydrogen-bond donors (Lipinski definition) is 2. The first-order valence-corrected chi connectivity index (χ1v) is 7.39. The Morgan fingerprint density at radius 3 is 2.37 bits per heavy atom. The van der Waals surface area contributed by atoms with E-state index in [1.54, 1.807) is 0 Å². The molecular formula is C16H26N2O. The van der Waals surface area contributed by atoms with Crippen molar-refractivity contribution >= 4 is 5.69 Å². The molecule has 0 bridgehead atoms. The highest BCUT2D eigenvalue weighted by molar-refractivity contribution is 5.46. The normalized spacial score (nSPS) is 23.4. The molecule has 106 valence electrons. The summed E-state index contributed by atoms with van der Waals surface area (Å²) >= 11 is 0. The van der Waals surface area contributed by atoms with Crippen molar-refractivity contribution in [2.45, 2.75) is 51.7 Å². The second kappa shape index (κ2) is 6.80. The van der Waals surface area contributed by atoms with Gasteiger partial charge >= 0.3 is 0 Å². The highest BCUT2D eigenvalue weighted by Gasteiger charge is 2.17. The smallest absolute Gasteiger partial charge is 0.119 e. The minimum Gasteiger partial charge on any atom is -0.491 e. The van der Waals surface area contributed by atoms with Gasteiger partial charge in [-0.25, -0.2) is 0 Å². The van der Waals surface area contributed by atoms with E-state index < -0.39 is 0 Å². The third-order valence-electron chi connectivity index (χ3n) is 3.71. The van der Waals surface area contributed by atoms with Crippen molar-refractivity contribution in [1.82, 2.24) is 0 Å². The van der Waals surface area contributed by atoms with Gasteiger partial charge in [0.25, 0.3) is 0 Å². The third kappa shape index (κ3) is 4.75. The molecule has 0 unspecified atom stereocenters. The molecule has 0 amide bonds. The number of nitrogens with one attached hydrogen (secondary N) is 1. The Hall–Kier alpha value is -1.22. The topological polar surface area (TPSA) is 47.3 Å². The van der Waals surface area contributed by atoms with Crippen LogP contribution in [0.4, 0.5) is 5.69 Å². The number of benzene rings is 1. The van der Waals surface area contributed by atoms with Crippen LogP contribution in [0.15, 0.2) is 24.3 Å². The zero-order chi connectivity index (χ0) is 13.7. The van der Waals surface area contributed by atoms with Gasteiger partial charge in [-0.1, -0.05) is 0 Å². The van der Waals surface area contributed by atoms with E-state index in [-0.39, 0.29) is 6.10 Å². The minimum atomic E-state index is 0.227. The van der Waals surface area contributed by atoms with Crippen molar-refractivity contribution in [3.63, 3.8) is 0 Å². The van der Waals surface area contributed by atoms with E-state index in [0.29, 0.717) is 6.04 Å². The molecule has 19 heavy (non-hydrogen) atoms. The Morgan fingerprint density at radius 1 is 1.16 bits per heavy atom. The van der Waals surface area contributed by atoms with Gasteiger partial charge in [0.1, 0.15) is 5.75 Å². The standard InChI is InChI=1S/C16H26N2O/c1-12(2)19-16-9-7-15(8-10-16)18-11-13-3-5-14(17)6-4-13/h7-10,12-14,18H,3-6,11,17H2,1-2H3/t13-,14-. The van der Waals surface area contributed by atoms with E-state index >= 15 is 0 Å². The number of ether oxygens (including phenoxy) is 1. The Bertz CT molecular complexity index is 367. The summed E-state index contributed by atoms with van der Waals surface area (Å²) in [6, 6.07) is 8.67. The highest BCUT2D eigenvalue weighted by Crippen LogP contribution is 2.24. The van der Waals surface area contributed by atoms with Crippen LogP contribution in [-0.4, -0.2) is 18.7 Å². The maximum atomic E-state index is 5.93. The highest BCUT2D eigenvalue weighted by atomic mass is 16.5. The van der Waals surface area contributed by atoms with E-state index in [2.05, 4.69) is 17.4 Å². The molecular weight excluding hydrogens is 236 g/mol. The van der Waals surface area contributed by atoms with E-state index in [9.17, 15) is 0 Å². The molecule has 0 radical (unpaired) electrons. The molecule has 3 heteroatoms. The summed E-state index contributed by atoms with van der Waals surface area (Å²) in [4.78, 5) is 0. The first-order valence-electron chi connectivity index (χ1n) is 7.39. The Balaban J connectivity index is 1.76. The number of rotatable bonds is 5. The number of hydrogen-bond acceptors (Lipinski definition) is 3. The maximum absolute atomic E-state index is 5.93. The molecule has 1 saturated carbocycles. The first kappa shape index (κ1) is 14.2. The van der Waals surface area contributed by atoms with Crippen LogP contribution in [0.5, 0.6) is 5.75 Å². The Morgan fingerprint density at radius 2 is 1.79 bits per heavy atom. The van der Waals surface area contributed by atoms with Crippen molar-refractivity contribution in [3.05, 3.63) is 24.3 Å². The van der Waals surface area contributed by atoms with Crippen molar-refractivity contribution in [3.8, 4) is 5.75 Å². The molecule has 1 aliphatic rings. The summed E-state index contributed by atoms with van der Waals surface area (Å²) in [5, 5.41) is 3.51. The average Bonchev–Trinajstić information content (AvgIpc) is 2.39. The molecule has 0 heterocycles. The summed E-state index contributed by atoms with van der Waals surface area (Å²) in [5.74, 6) is 1.70. The fourth-order valence-corrected chi connectivity index (χ4v) is 2.58. The van der Waals surface area contributed by atoms with Gasteiger partial charge < -0.3 is 15.8 Å². The van der Waals surface area contributed by atoms with Crippen molar-refractivity contribution < 1.29 is 4.74 Å². The van der Waals surface area contributed by atoms with E-state index in [1.165, 1.54) is 31.4 Å². The summed E-state index contributed by atoms with van der Waals surface area (Å²) in [6.45, 7) is 5.14. The van der Waals surface area contributed by atoms with Crippen molar-refractivity contribution in [2.75, 3.05) is 11.9 Å². The molecule has 3 N–H and O–H groups in total. The van der Waals surface area contributed by atoms with Gasteiger partial charge in [0, 0.05) is 18.3 Å². The second-order valence-corrected chi connectivity index (χ2v) is 5.85. The van der Waals surface area contributed by atoms with Crippen LogP contribution in [0, 0.1) is 5.92 Å². The van der Waals surface area contributed by atoms with Crippen LogP contribution in [0.2, 0.25) is 0 Å². The lowest BCUT2D eigenvalue weighted by atomic mass is 9.86. The molecule has 0 aliphatic heterocycles. The zero-order valence-corrected chi connectivity index (χ0v) is 12.1. The molecule has 1 aliphatic carbocycles. The predicted octanol–water partition coefficient (Wildman–Crippen LogP) is 3.40. The quantitative estimate of drug-likeness (QED) is 0.855. The van der Waals surface area contributed by atoms with Gasteiger partial charge in [-0.15, -0.1) is 0 Å². The van der Waals surface area contributed by atoms with Crippen LogP contribution in [-0.2, 0) is 0 Å². The zero-order valence-electron chi connectivity index (χ0n) is 12.1. The molecule has 1 aromatic carbocycles. The molecule has 0 spiro atoms. The molecule has 0 aromatic heterocycles. The van der Waals surface area contributed by atoms with Gasteiger partial charge in [0.05, 0.1) is 6.10 Å². The van der Waals surface area contributed by atoms with E-state index in [0.717, 1.165) is 18.2 Å². The fraction of sp³-hybridized carbons (Fsp3) is 0.625. The monoisotopic (exact) mass is 262 g/mol. The van der Waals surface area contributed by atoms with Gasteiger partial charge in [0.15, 0.2) is 0 Å². The van der Waals surface area contributed by atoms with Gasteiger partial charge in [-0.3, -0.25) is 0 Å². The first-order chi connectivity index (χ1) is 9.13. The van der Waals surface area contributed by atoms with Gasteiger partial charge in [-0.2, -0.15) is 0 Å². The van der Waals surface area contributed by atoms with Crippen LogP contribution in [0.25, 0.3) is 0 Å². The molecule has 0 atom stereocenters. The lowest BCUT2D eigenvalue weighted by Crippen LogP contribution is -2.29. The van der Waals surface area contributed by atoms with Crippen molar-refractivity contribution in [2.24, 2.45) is 11.7 Å². The number of nitrogens with two attached hydrogens (primary N) is 1. The van der Waals surface area contributed by atoms with Crippen LogP contribution >= 0.6 is 0 Å². The Labute approximate surface area is 116 Å².